The van der Waals surface area contributed by atoms with Crippen LogP contribution in [0.2, 0.25) is 0 Å². The van der Waals surface area contributed by atoms with E-state index < -0.39 is 11.9 Å². The Labute approximate surface area is 119 Å². The highest BCUT2D eigenvalue weighted by Crippen LogP contribution is 2.21. The number of anilines is 1. The highest BCUT2D eigenvalue weighted by atomic mass is 16.4. The standard InChI is InChI=1S/C13H14N4O4/c14-3-4-17-6-11(15-7-17)12(19)16-10-2-1-8(18)5-9(10)13(20)21/h1-2,5-7,18H,3-4,14H2,(H,16,19)(H,20,21). The molecule has 0 aliphatic rings. The Morgan fingerprint density at radius 3 is 2.81 bits per heavy atom. The first-order chi connectivity index (χ1) is 10.0. The number of nitrogens with zero attached hydrogens (tertiary/aromatic N) is 2. The summed E-state index contributed by atoms with van der Waals surface area (Å²) < 4.78 is 1.66. The number of phenolic OH excluding ortho intramolecular Hbond substituents is 1. The van der Waals surface area contributed by atoms with Gasteiger partial charge in [-0.15, -0.1) is 0 Å². The number of carboxylic acids is 1. The summed E-state index contributed by atoms with van der Waals surface area (Å²) in [5.74, 6) is -1.99. The third-order valence-corrected chi connectivity index (χ3v) is 2.73. The van der Waals surface area contributed by atoms with Crippen LogP contribution in [0.5, 0.6) is 5.75 Å². The largest absolute Gasteiger partial charge is 0.508 e. The van der Waals surface area contributed by atoms with E-state index in [1.165, 1.54) is 24.7 Å². The average Bonchev–Trinajstić information content (AvgIpc) is 2.89. The lowest BCUT2D eigenvalue weighted by molar-refractivity contribution is 0.0697. The van der Waals surface area contributed by atoms with Gasteiger partial charge in [-0.2, -0.15) is 0 Å². The van der Waals surface area contributed by atoms with Gasteiger partial charge in [0.15, 0.2) is 0 Å². The molecule has 1 amide bonds. The Balaban J connectivity index is 2.20. The van der Waals surface area contributed by atoms with Gasteiger partial charge < -0.3 is 25.8 Å². The predicted octanol–water partition coefficient (Wildman–Crippen LogP) is 0.498. The van der Waals surface area contributed by atoms with Crippen LogP contribution in [0.4, 0.5) is 5.69 Å². The lowest BCUT2D eigenvalue weighted by Gasteiger charge is -2.07. The average molecular weight is 290 g/mol. The van der Waals surface area contributed by atoms with Crippen LogP contribution in [0.15, 0.2) is 30.7 Å². The summed E-state index contributed by atoms with van der Waals surface area (Å²) in [7, 11) is 0. The summed E-state index contributed by atoms with van der Waals surface area (Å²) in [6, 6.07) is 3.66. The van der Waals surface area contributed by atoms with E-state index in [4.69, 9.17) is 10.8 Å². The molecule has 1 aromatic heterocycles. The molecule has 0 spiro atoms. The number of amides is 1. The van der Waals surface area contributed by atoms with Gasteiger partial charge >= 0.3 is 5.97 Å². The van der Waals surface area contributed by atoms with Crippen LogP contribution in [-0.4, -0.2) is 38.2 Å². The number of phenols is 1. The molecule has 8 heteroatoms. The van der Waals surface area contributed by atoms with Gasteiger partial charge in [0, 0.05) is 19.3 Å². The number of carbonyl (C=O) groups is 2. The summed E-state index contributed by atoms with van der Waals surface area (Å²) >= 11 is 0. The highest BCUT2D eigenvalue weighted by molar-refractivity contribution is 6.06. The third-order valence-electron chi connectivity index (χ3n) is 2.73. The van der Waals surface area contributed by atoms with Crippen molar-refractivity contribution >= 4 is 17.6 Å². The number of benzene rings is 1. The molecule has 8 nitrogen and oxygen atoms in total. The first-order valence-corrected chi connectivity index (χ1v) is 6.10. The van der Waals surface area contributed by atoms with Gasteiger partial charge in [0.2, 0.25) is 0 Å². The quantitative estimate of drug-likeness (QED) is 0.593. The van der Waals surface area contributed by atoms with E-state index in [1.54, 1.807) is 4.57 Å². The van der Waals surface area contributed by atoms with E-state index in [0.29, 0.717) is 13.1 Å². The fourth-order valence-corrected chi connectivity index (χ4v) is 1.75. The van der Waals surface area contributed by atoms with Crippen LogP contribution in [0.1, 0.15) is 20.8 Å². The zero-order chi connectivity index (χ0) is 15.4. The maximum atomic E-state index is 12.0. The Morgan fingerprint density at radius 2 is 2.14 bits per heavy atom. The van der Waals surface area contributed by atoms with E-state index in [-0.39, 0.29) is 22.7 Å². The second-order valence-corrected chi connectivity index (χ2v) is 4.27. The van der Waals surface area contributed by atoms with E-state index in [0.717, 1.165) is 6.07 Å². The molecule has 1 aromatic carbocycles. The minimum Gasteiger partial charge on any atom is -0.508 e. The van der Waals surface area contributed by atoms with E-state index in [2.05, 4.69) is 10.3 Å². The molecule has 0 aliphatic heterocycles. The summed E-state index contributed by atoms with van der Waals surface area (Å²) in [4.78, 5) is 27.0. The lowest BCUT2D eigenvalue weighted by Crippen LogP contribution is -2.15. The third kappa shape index (κ3) is 3.37. The molecule has 0 saturated heterocycles. The number of imidazole rings is 1. The maximum absolute atomic E-state index is 12.0. The first kappa shape index (κ1) is 14.5. The number of rotatable bonds is 5. The van der Waals surface area contributed by atoms with Crippen molar-refractivity contribution in [3.8, 4) is 5.75 Å². The maximum Gasteiger partial charge on any atom is 0.337 e. The van der Waals surface area contributed by atoms with Crippen molar-refractivity contribution in [2.24, 2.45) is 5.73 Å². The zero-order valence-electron chi connectivity index (χ0n) is 11.0. The molecule has 21 heavy (non-hydrogen) atoms. The lowest BCUT2D eigenvalue weighted by atomic mass is 10.1. The summed E-state index contributed by atoms with van der Waals surface area (Å²) in [6.45, 7) is 0.943. The molecule has 2 rings (SSSR count). The molecule has 0 saturated carbocycles. The van der Waals surface area contributed by atoms with Crippen LogP contribution in [0.3, 0.4) is 0 Å². The van der Waals surface area contributed by atoms with Gasteiger partial charge in [0.1, 0.15) is 11.4 Å². The molecule has 0 radical (unpaired) electrons. The van der Waals surface area contributed by atoms with Crippen LogP contribution >= 0.6 is 0 Å². The molecular weight excluding hydrogens is 276 g/mol. The molecule has 2 aromatic rings. The molecule has 5 N–H and O–H groups in total. The van der Waals surface area contributed by atoms with Gasteiger partial charge in [-0.1, -0.05) is 0 Å². The Kier molecular flexibility index (Phi) is 4.19. The first-order valence-electron chi connectivity index (χ1n) is 6.10. The number of aromatic hydroxyl groups is 1. The van der Waals surface area contributed by atoms with Crippen molar-refractivity contribution in [2.45, 2.75) is 6.54 Å². The van der Waals surface area contributed by atoms with Gasteiger partial charge in [-0.3, -0.25) is 4.79 Å². The van der Waals surface area contributed by atoms with Crippen molar-refractivity contribution in [2.75, 3.05) is 11.9 Å². The fourth-order valence-electron chi connectivity index (χ4n) is 1.75. The van der Waals surface area contributed by atoms with E-state index >= 15 is 0 Å². The topological polar surface area (TPSA) is 130 Å². The molecule has 0 aliphatic carbocycles. The summed E-state index contributed by atoms with van der Waals surface area (Å²) in [6.07, 6.45) is 2.99. The number of hydrogen-bond acceptors (Lipinski definition) is 5. The van der Waals surface area contributed by atoms with Gasteiger partial charge in [-0.05, 0) is 18.2 Å². The summed E-state index contributed by atoms with van der Waals surface area (Å²) in [5.41, 5.74) is 5.42. The van der Waals surface area contributed by atoms with Crippen LogP contribution < -0.4 is 11.1 Å². The van der Waals surface area contributed by atoms with Crippen LogP contribution in [0, 0.1) is 0 Å². The minimum atomic E-state index is -1.25. The molecule has 0 unspecified atom stereocenters. The normalized spacial score (nSPS) is 10.3. The number of aromatic nitrogens is 2. The fraction of sp³-hybridized carbons (Fsp3) is 0.154. The Bertz CT molecular complexity index is 681. The molecule has 0 atom stereocenters. The predicted molar refractivity (Wildman–Crippen MR) is 74.3 cm³/mol. The highest BCUT2D eigenvalue weighted by Gasteiger charge is 2.15. The second-order valence-electron chi connectivity index (χ2n) is 4.27. The van der Waals surface area contributed by atoms with Crippen LogP contribution in [0.25, 0.3) is 0 Å². The smallest absolute Gasteiger partial charge is 0.337 e. The van der Waals surface area contributed by atoms with Gasteiger partial charge in [-0.25, -0.2) is 9.78 Å². The number of aromatic carboxylic acids is 1. The van der Waals surface area contributed by atoms with Crippen molar-refractivity contribution in [1.29, 1.82) is 0 Å². The molecule has 0 fully saturated rings. The second kappa shape index (κ2) is 6.06. The van der Waals surface area contributed by atoms with E-state index in [1.807, 2.05) is 0 Å². The van der Waals surface area contributed by atoms with Crippen molar-refractivity contribution in [1.82, 2.24) is 9.55 Å². The SMILES string of the molecule is NCCn1cnc(C(=O)Nc2ccc(O)cc2C(=O)O)c1. The summed E-state index contributed by atoms with van der Waals surface area (Å²) in [5, 5.41) is 20.8. The Hall–Kier alpha value is -2.87. The molecule has 0 bridgehead atoms. The molecule has 110 valence electrons. The van der Waals surface area contributed by atoms with Gasteiger partial charge in [0.25, 0.3) is 5.91 Å². The number of nitrogens with one attached hydrogen (secondary N) is 1. The Morgan fingerprint density at radius 1 is 1.38 bits per heavy atom. The monoisotopic (exact) mass is 290 g/mol. The van der Waals surface area contributed by atoms with Gasteiger partial charge in [0.05, 0.1) is 17.6 Å². The minimum absolute atomic E-state index is 0.0821. The van der Waals surface area contributed by atoms with Crippen molar-refractivity contribution in [3.05, 3.63) is 42.0 Å². The molecule has 1 heterocycles. The number of nitrogens with two attached hydrogens (primary N) is 1. The number of carboxylic acid groups (broad SMARTS) is 1. The molecular formula is C13H14N4O4. The number of hydrogen-bond donors (Lipinski definition) is 4. The zero-order valence-corrected chi connectivity index (χ0v) is 11.0. The van der Waals surface area contributed by atoms with Crippen molar-refractivity contribution in [3.63, 3.8) is 0 Å². The van der Waals surface area contributed by atoms with Crippen LogP contribution in [-0.2, 0) is 6.54 Å². The van der Waals surface area contributed by atoms with Crippen molar-refractivity contribution < 1.29 is 19.8 Å². The van der Waals surface area contributed by atoms with E-state index in [9.17, 15) is 14.7 Å². The number of carbonyl (C=O) groups excluding carboxylic acids is 1.